The van der Waals surface area contributed by atoms with E-state index in [1.54, 1.807) is 0 Å². The minimum Gasteiger partial charge on any atom is -0.289 e. The van der Waals surface area contributed by atoms with Crippen molar-refractivity contribution in [3.63, 3.8) is 0 Å². The van der Waals surface area contributed by atoms with Crippen molar-refractivity contribution in [3.8, 4) is 0 Å². The number of hydrogen-bond acceptors (Lipinski definition) is 1. The highest BCUT2D eigenvalue weighted by Crippen LogP contribution is 2.37. The van der Waals surface area contributed by atoms with Gasteiger partial charge in [-0.05, 0) is 64.5 Å². The number of benzene rings is 2. The average Bonchev–Trinajstić information content (AvgIpc) is 2.72. The Morgan fingerprint density at radius 3 is 2.28 bits per heavy atom. The Hall–Kier alpha value is -2.15. The summed E-state index contributed by atoms with van der Waals surface area (Å²) in [6.45, 7) is 14.8. The standard InChI is InChI=1S/C28H36O/c1-7-20-13-15-23(19(2)3)24(17-20)27(29)25-18-22(21-11-9-8-10-12-21)14-16-26(25)28(4,5)6/h7,13-19,21H,1,8-12H2,2-6H3. The Labute approximate surface area is 177 Å². The van der Waals surface area contributed by atoms with E-state index in [-0.39, 0.29) is 11.2 Å². The molecule has 1 saturated carbocycles. The van der Waals surface area contributed by atoms with E-state index in [9.17, 15) is 4.79 Å². The molecular weight excluding hydrogens is 352 g/mol. The Kier molecular flexibility index (Phi) is 6.46. The molecule has 0 atom stereocenters. The van der Waals surface area contributed by atoms with Crippen molar-refractivity contribution in [2.75, 3.05) is 0 Å². The Bertz CT molecular complexity index is 889. The molecule has 0 spiro atoms. The summed E-state index contributed by atoms with van der Waals surface area (Å²) in [5.74, 6) is 1.04. The van der Waals surface area contributed by atoms with Crippen LogP contribution in [-0.2, 0) is 5.41 Å². The molecule has 0 aliphatic heterocycles. The minimum absolute atomic E-state index is 0.0792. The molecule has 1 aliphatic carbocycles. The molecule has 0 heterocycles. The molecule has 0 unspecified atom stereocenters. The second kappa shape index (κ2) is 8.69. The predicted octanol–water partition coefficient (Wildman–Crippen LogP) is 8.03. The van der Waals surface area contributed by atoms with Gasteiger partial charge in [0.2, 0.25) is 0 Å². The molecule has 1 heteroatoms. The largest absolute Gasteiger partial charge is 0.289 e. The number of carbonyl (C=O) groups excluding carboxylic acids is 1. The number of rotatable bonds is 5. The highest BCUT2D eigenvalue weighted by molar-refractivity contribution is 6.11. The SMILES string of the molecule is C=Cc1ccc(C(C)C)c(C(=O)c2cc(C3CCCCC3)ccc2C(C)(C)C)c1. The molecule has 0 N–H and O–H groups in total. The average molecular weight is 389 g/mol. The fourth-order valence-corrected chi connectivity index (χ4v) is 4.64. The summed E-state index contributed by atoms with van der Waals surface area (Å²) < 4.78 is 0. The van der Waals surface area contributed by atoms with Gasteiger partial charge in [0.05, 0.1) is 0 Å². The van der Waals surface area contributed by atoms with E-state index in [1.807, 2.05) is 12.1 Å². The predicted molar refractivity (Wildman–Crippen MR) is 125 cm³/mol. The molecule has 1 nitrogen and oxygen atoms in total. The van der Waals surface area contributed by atoms with Crippen molar-refractivity contribution in [1.29, 1.82) is 0 Å². The van der Waals surface area contributed by atoms with E-state index < -0.39 is 0 Å². The number of carbonyl (C=O) groups is 1. The molecule has 3 rings (SSSR count). The van der Waals surface area contributed by atoms with Gasteiger partial charge in [-0.2, -0.15) is 0 Å². The summed E-state index contributed by atoms with van der Waals surface area (Å²) in [6.07, 6.45) is 8.25. The summed E-state index contributed by atoms with van der Waals surface area (Å²) in [7, 11) is 0. The molecule has 1 aliphatic rings. The molecule has 0 aromatic heterocycles. The maximum Gasteiger partial charge on any atom is 0.193 e. The van der Waals surface area contributed by atoms with Gasteiger partial charge in [-0.1, -0.05) is 90.8 Å². The van der Waals surface area contributed by atoms with E-state index in [0.29, 0.717) is 11.8 Å². The van der Waals surface area contributed by atoms with E-state index >= 15 is 0 Å². The molecule has 29 heavy (non-hydrogen) atoms. The van der Waals surface area contributed by atoms with Crippen molar-refractivity contribution in [1.82, 2.24) is 0 Å². The van der Waals surface area contributed by atoms with Crippen molar-refractivity contribution < 1.29 is 4.79 Å². The van der Waals surface area contributed by atoms with Crippen molar-refractivity contribution in [2.45, 2.75) is 84.0 Å². The zero-order valence-electron chi connectivity index (χ0n) is 18.8. The highest BCUT2D eigenvalue weighted by atomic mass is 16.1. The van der Waals surface area contributed by atoms with Gasteiger partial charge < -0.3 is 0 Å². The lowest BCUT2D eigenvalue weighted by atomic mass is 9.77. The smallest absolute Gasteiger partial charge is 0.193 e. The van der Waals surface area contributed by atoms with E-state index in [0.717, 1.165) is 27.8 Å². The third kappa shape index (κ3) is 4.71. The molecular formula is C28H36O. The maximum atomic E-state index is 13.9. The van der Waals surface area contributed by atoms with Crippen LogP contribution < -0.4 is 0 Å². The Morgan fingerprint density at radius 1 is 1.00 bits per heavy atom. The second-order valence-electron chi connectivity index (χ2n) is 9.92. The topological polar surface area (TPSA) is 17.1 Å². The van der Waals surface area contributed by atoms with Crippen LogP contribution in [0.25, 0.3) is 6.08 Å². The summed E-state index contributed by atoms with van der Waals surface area (Å²) in [5.41, 5.74) is 6.21. The van der Waals surface area contributed by atoms with Crippen LogP contribution in [0.1, 0.15) is 117 Å². The first-order chi connectivity index (χ1) is 13.7. The number of ketones is 1. The van der Waals surface area contributed by atoms with Gasteiger partial charge in [0.15, 0.2) is 5.78 Å². The van der Waals surface area contributed by atoms with Crippen LogP contribution >= 0.6 is 0 Å². The van der Waals surface area contributed by atoms with Crippen LogP contribution in [0.2, 0.25) is 0 Å². The maximum absolute atomic E-state index is 13.9. The molecule has 2 aromatic carbocycles. The van der Waals surface area contributed by atoms with Gasteiger partial charge in [0, 0.05) is 11.1 Å². The fraction of sp³-hybridized carbons (Fsp3) is 0.464. The monoisotopic (exact) mass is 388 g/mol. The number of hydrogen-bond donors (Lipinski definition) is 0. The summed E-state index contributed by atoms with van der Waals surface area (Å²) in [5, 5.41) is 0. The normalized spacial score (nSPS) is 15.5. The molecule has 1 fully saturated rings. The van der Waals surface area contributed by atoms with E-state index in [2.05, 4.69) is 71.5 Å². The van der Waals surface area contributed by atoms with E-state index in [1.165, 1.54) is 37.7 Å². The van der Waals surface area contributed by atoms with Gasteiger partial charge in [-0.15, -0.1) is 0 Å². The van der Waals surface area contributed by atoms with Gasteiger partial charge in [-0.3, -0.25) is 4.79 Å². The van der Waals surface area contributed by atoms with Gasteiger partial charge in [0.25, 0.3) is 0 Å². The van der Waals surface area contributed by atoms with Gasteiger partial charge in [-0.25, -0.2) is 0 Å². The first-order valence-electron chi connectivity index (χ1n) is 11.2. The van der Waals surface area contributed by atoms with Crippen LogP contribution in [0.15, 0.2) is 43.0 Å². The summed E-state index contributed by atoms with van der Waals surface area (Å²) in [4.78, 5) is 13.9. The minimum atomic E-state index is -0.0792. The lowest BCUT2D eigenvalue weighted by Crippen LogP contribution is -2.19. The van der Waals surface area contributed by atoms with Gasteiger partial charge in [0.1, 0.15) is 0 Å². The first kappa shape index (κ1) is 21.6. The van der Waals surface area contributed by atoms with Crippen molar-refractivity contribution in [2.24, 2.45) is 0 Å². The highest BCUT2D eigenvalue weighted by Gasteiger charge is 2.26. The molecule has 0 radical (unpaired) electrons. The lowest BCUT2D eigenvalue weighted by molar-refractivity contribution is 0.103. The van der Waals surface area contributed by atoms with Crippen molar-refractivity contribution in [3.05, 3.63) is 76.4 Å². The summed E-state index contributed by atoms with van der Waals surface area (Å²) in [6, 6.07) is 12.9. The molecule has 2 aromatic rings. The molecule has 0 amide bonds. The summed E-state index contributed by atoms with van der Waals surface area (Å²) >= 11 is 0. The Morgan fingerprint density at radius 2 is 1.69 bits per heavy atom. The third-order valence-corrected chi connectivity index (χ3v) is 6.35. The van der Waals surface area contributed by atoms with Crippen LogP contribution in [0.4, 0.5) is 0 Å². The fourth-order valence-electron chi connectivity index (χ4n) is 4.64. The molecule has 0 bridgehead atoms. The van der Waals surface area contributed by atoms with Crippen LogP contribution in [0.3, 0.4) is 0 Å². The molecule has 154 valence electrons. The Balaban J connectivity index is 2.15. The van der Waals surface area contributed by atoms with Crippen LogP contribution in [0, 0.1) is 0 Å². The lowest BCUT2D eigenvalue weighted by Gasteiger charge is -2.27. The van der Waals surface area contributed by atoms with Crippen LogP contribution in [-0.4, -0.2) is 5.78 Å². The van der Waals surface area contributed by atoms with E-state index in [4.69, 9.17) is 0 Å². The van der Waals surface area contributed by atoms with Crippen molar-refractivity contribution >= 4 is 11.9 Å². The zero-order valence-corrected chi connectivity index (χ0v) is 18.8. The first-order valence-corrected chi connectivity index (χ1v) is 11.2. The van der Waals surface area contributed by atoms with Crippen LogP contribution in [0.5, 0.6) is 0 Å². The third-order valence-electron chi connectivity index (χ3n) is 6.35. The molecule has 0 saturated heterocycles. The second-order valence-corrected chi connectivity index (χ2v) is 9.92. The quantitative estimate of drug-likeness (QED) is 0.474. The zero-order chi connectivity index (χ0) is 21.2. The van der Waals surface area contributed by atoms with Gasteiger partial charge >= 0.3 is 0 Å².